The van der Waals surface area contributed by atoms with Gasteiger partial charge in [-0.2, -0.15) is 13.2 Å². The van der Waals surface area contributed by atoms with Crippen LogP contribution in [0, 0.1) is 5.41 Å². The third-order valence-corrected chi connectivity index (χ3v) is 3.39. The number of hydrogen-bond donors (Lipinski definition) is 2. The number of carbonyl (C=O) groups is 1. The minimum Gasteiger partial charge on any atom is -0.354 e. The van der Waals surface area contributed by atoms with Gasteiger partial charge in [-0.1, -0.05) is 6.92 Å². The molecular weight excluding hydrogens is 221 g/mol. The first kappa shape index (κ1) is 13.3. The topological polar surface area (TPSA) is 55.1 Å². The van der Waals surface area contributed by atoms with Crippen LogP contribution in [0.3, 0.4) is 0 Å². The Balaban J connectivity index is 2.52. The Kier molecular flexibility index (Phi) is 3.24. The summed E-state index contributed by atoms with van der Waals surface area (Å²) in [7, 11) is 0. The van der Waals surface area contributed by atoms with Crippen molar-refractivity contribution in [1.29, 1.82) is 0 Å². The molecule has 0 saturated heterocycles. The monoisotopic (exact) mass is 238 g/mol. The van der Waals surface area contributed by atoms with Gasteiger partial charge in [-0.3, -0.25) is 4.79 Å². The van der Waals surface area contributed by atoms with Gasteiger partial charge in [0.2, 0.25) is 5.91 Å². The molecule has 0 aliphatic heterocycles. The number of amides is 1. The van der Waals surface area contributed by atoms with Gasteiger partial charge in [0.05, 0.1) is 0 Å². The average Bonchev–Trinajstić information content (AvgIpc) is 2.93. The molecule has 1 fully saturated rings. The zero-order valence-corrected chi connectivity index (χ0v) is 9.45. The van der Waals surface area contributed by atoms with Gasteiger partial charge < -0.3 is 11.1 Å². The van der Waals surface area contributed by atoms with Crippen molar-refractivity contribution in [3.8, 4) is 0 Å². The predicted molar refractivity (Wildman–Crippen MR) is 53.6 cm³/mol. The van der Waals surface area contributed by atoms with Gasteiger partial charge in [0, 0.05) is 6.54 Å². The highest BCUT2D eigenvalue weighted by molar-refractivity contribution is 5.86. The average molecular weight is 238 g/mol. The normalized spacial score (nSPS) is 22.4. The van der Waals surface area contributed by atoms with Crippen LogP contribution in [0.15, 0.2) is 0 Å². The van der Waals surface area contributed by atoms with E-state index >= 15 is 0 Å². The molecular formula is C10H17F3N2O. The Morgan fingerprint density at radius 2 is 1.94 bits per heavy atom. The highest BCUT2D eigenvalue weighted by Crippen LogP contribution is 2.47. The molecule has 0 radical (unpaired) electrons. The second-order valence-electron chi connectivity index (χ2n) is 4.74. The van der Waals surface area contributed by atoms with Crippen molar-refractivity contribution < 1.29 is 18.0 Å². The van der Waals surface area contributed by atoms with Crippen molar-refractivity contribution in [2.24, 2.45) is 11.1 Å². The number of nitrogens with two attached hydrogens (primary N) is 1. The number of rotatable bonds is 4. The molecule has 1 unspecified atom stereocenters. The maximum Gasteiger partial charge on any atom is 0.415 e. The molecule has 0 aromatic carbocycles. The van der Waals surface area contributed by atoms with Crippen LogP contribution >= 0.6 is 0 Å². The van der Waals surface area contributed by atoms with Gasteiger partial charge in [0.15, 0.2) is 5.54 Å². The summed E-state index contributed by atoms with van der Waals surface area (Å²) in [5.41, 5.74) is 2.19. The van der Waals surface area contributed by atoms with E-state index in [1.165, 1.54) is 0 Å². The second kappa shape index (κ2) is 3.91. The minimum absolute atomic E-state index is 0.0112. The SMILES string of the molecule is CCC1(CNC(=O)C(C)(N)C(F)(F)F)CC1. The predicted octanol–water partition coefficient (Wildman–Crippen LogP) is 1.57. The van der Waals surface area contributed by atoms with Crippen LogP contribution in [0.1, 0.15) is 33.1 Å². The molecule has 0 aromatic heterocycles. The summed E-state index contributed by atoms with van der Waals surface area (Å²) in [4.78, 5) is 11.3. The van der Waals surface area contributed by atoms with Crippen LogP contribution in [0.4, 0.5) is 13.2 Å². The van der Waals surface area contributed by atoms with Crippen LogP contribution in [-0.2, 0) is 4.79 Å². The van der Waals surface area contributed by atoms with E-state index < -0.39 is 17.6 Å². The minimum atomic E-state index is -4.72. The molecule has 0 heterocycles. The van der Waals surface area contributed by atoms with Crippen molar-refractivity contribution in [1.82, 2.24) is 5.32 Å². The number of carbonyl (C=O) groups excluding carboxylic acids is 1. The lowest BCUT2D eigenvalue weighted by atomic mass is 10.00. The third kappa shape index (κ3) is 2.48. The lowest BCUT2D eigenvalue weighted by molar-refractivity contribution is -0.187. The zero-order valence-electron chi connectivity index (χ0n) is 9.45. The first-order valence-corrected chi connectivity index (χ1v) is 5.28. The highest BCUT2D eigenvalue weighted by Gasteiger charge is 2.54. The molecule has 1 aliphatic rings. The van der Waals surface area contributed by atoms with Crippen molar-refractivity contribution in [3.05, 3.63) is 0 Å². The van der Waals surface area contributed by atoms with Crippen molar-refractivity contribution in [3.63, 3.8) is 0 Å². The molecule has 1 saturated carbocycles. The van der Waals surface area contributed by atoms with Crippen LogP contribution in [0.25, 0.3) is 0 Å². The molecule has 0 aromatic rings. The molecule has 3 N–H and O–H groups in total. The van der Waals surface area contributed by atoms with Gasteiger partial charge in [0.1, 0.15) is 0 Å². The molecule has 1 aliphatic carbocycles. The van der Waals surface area contributed by atoms with Crippen molar-refractivity contribution in [2.45, 2.75) is 44.8 Å². The first-order valence-electron chi connectivity index (χ1n) is 5.28. The number of nitrogens with one attached hydrogen (secondary N) is 1. The fourth-order valence-electron chi connectivity index (χ4n) is 1.41. The van der Waals surface area contributed by atoms with Crippen LogP contribution in [0.2, 0.25) is 0 Å². The summed E-state index contributed by atoms with van der Waals surface area (Å²) in [5, 5.41) is 2.30. The van der Waals surface area contributed by atoms with Crippen molar-refractivity contribution in [2.75, 3.05) is 6.54 Å². The Morgan fingerprint density at radius 3 is 2.25 bits per heavy atom. The Hall–Kier alpha value is -0.780. The smallest absolute Gasteiger partial charge is 0.354 e. The Bertz CT molecular complexity index is 282. The molecule has 94 valence electrons. The molecule has 1 rings (SSSR count). The number of alkyl halides is 3. The van der Waals surface area contributed by atoms with Gasteiger partial charge >= 0.3 is 6.18 Å². The molecule has 1 amide bonds. The zero-order chi connectivity index (χ0) is 12.6. The van der Waals surface area contributed by atoms with Gasteiger partial charge in [-0.05, 0) is 31.6 Å². The quantitative estimate of drug-likeness (QED) is 0.781. The van der Waals surface area contributed by atoms with Gasteiger partial charge in [-0.25, -0.2) is 0 Å². The lowest BCUT2D eigenvalue weighted by Crippen LogP contribution is -2.61. The van der Waals surface area contributed by atoms with Crippen LogP contribution in [-0.4, -0.2) is 24.2 Å². The number of halogens is 3. The highest BCUT2D eigenvalue weighted by atomic mass is 19.4. The summed E-state index contributed by atoms with van der Waals surface area (Å²) < 4.78 is 37.2. The van der Waals surface area contributed by atoms with Gasteiger partial charge in [-0.15, -0.1) is 0 Å². The largest absolute Gasteiger partial charge is 0.415 e. The van der Waals surface area contributed by atoms with Gasteiger partial charge in [0.25, 0.3) is 0 Å². The third-order valence-electron chi connectivity index (χ3n) is 3.39. The summed E-state index contributed by atoms with van der Waals surface area (Å²) in [6, 6.07) is 0. The molecule has 3 nitrogen and oxygen atoms in total. The van der Waals surface area contributed by atoms with E-state index in [1.54, 1.807) is 0 Å². The van der Waals surface area contributed by atoms with Crippen LogP contribution in [0.5, 0.6) is 0 Å². The molecule has 1 atom stereocenters. The number of hydrogen-bond acceptors (Lipinski definition) is 2. The van der Waals surface area contributed by atoms with E-state index in [-0.39, 0.29) is 12.0 Å². The standard InChI is InChI=1S/C10H17F3N2O/c1-3-9(4-5-9)6-15-7(16)8(2,14)10(11,12)13/h3-6,14H2,1-2H3,(H,15,16). The van der Waals surface area contributed by atoms with E-state index in [9.17, 15) is 18.0 Å². The summed E-state index contributed by atoms with van der Waals surface area (Å²) in [6.07, 6.45) is -1.95. The second-order valence-corrected chi connectivity index (χ2v) is 4.74. The molecule has 16 heavy (non-hydrogen) atoms. The summed E-state index contributed by atoms with van der Waals surface area (Å²) in [6.45, 7) is 2.93. The fraction of sp³-hybridized carbons (Fsp3) is 0.900. The Labute approximate surface area is 92.6 Å². The maximum absolute atomic E-state index is 12.4. The van der Waals surface area contributed by atoms with E-state index in [0.717, 1.165) is 19.3 Å². The summed E-state index contributed by atoms with van der Waals surface area (Å²) in [5.74, 6) is -1.15. The lowest BCUT2D eigenvalue weighted by Gasteiger charge is -2.27. The van der Waals surface area contributed by atoms with E-state index in [4.69, 9.17) is 5.73 Å². The van der Waals surface area contributed by atoms with E-state index in [0.29, 0.717) is 6.92 Å². The summed E-state index contributed by atoms with van der Waals surface area (Å²) >= 11 is 0. The van der Waals surface area contributed by atoms with E-state index in [2.05, 4.69) is 5.32 Å². The Morgan fingerprint density at radius 1 is 1.44 bits per heavy atom. The maximum atomic E-state index is 12.4. The molecule has 6 heteroatoms. The van der Waals surface area contributed by atoms with Crippen molar-refractivity contribution >= 4 is 5.91 Å². The van der Waals surface area contributed by atoms with Crippen LogP contribution < -0.4 is 11.1 Å². The fourth-order valence-corrected chi connectivity index (χ4v) is 1.41. The van der Waals surface area contributed by atoms with E-state index in [1.807, 2.05) is 6.92 Å². The molecule has 0 spiro atoms. The molecule has 0 bridgehead atoms. The first-order chi connectivity index (χ1) is 7.15.